The molecule has 1 aromatic rings. The van der Waals surface area contributed by atoms with Crippen LogP contribution in [0.2, 0.25) is 0 Å². The maximum atomic E-state index is 12.2. The molecule has 1 saturated heterocycles. The van der Waals surface area contributed by atoms with Gasteiger partial charge in [0.25, 0.3) is 5.91 Å². The molecule has 1 N–H and O–H groups in total. The largest absolute Gasteiger partial charge is 0.482 e. The number of aryl methyl sites for hydroxylation is 1. The number of nitrogens with zero attached hydrogens (tertiary/aromatic N) is 2. The van der Waals surface area contributed by atoms with Crippen LogP contribution < -0.4 is 15.0 Å². The number of likely N-dealkylation sites (tertiary alicyclic amines) is 1. The standard InChI is InChI=1S/C18H23N3O4/c1-13-5-6-15-14(10-13)21(18(24)12-25-15)11-16(22)19-7-3-9-20-8-2-4-17(20)23/h5-6,10H,2-4,7-9,11-12H2,1H3,(H,19,22). The first-order valence-corrected chi connectivity index (χ1v) is 8.63. The first-order chi connectivity index (χ1) is 12.0. The van der Waals surface area contributed by atoms with Crippen LogP contribution in [0.5, 0.6) is 5.75 Å². The summed E-state index contributed by atoms with van der Waals surface area (Å²) in [7, 11) is 0. The molecule has 0 radical (unpaired) electrons. The summed E-state index contributed by atoms with van der Waals surface area (Å²) < 4.78 is 5.41. The second-order valence-corrected chi connectivity index (χ2v) is 6.43. The van der Waals surface area contributed by atoms with Gasteiger partial charge in [-0.2, -0.15) is 0 Å². The van der Waals surface area contributed by atoms with Crippen LogP contribution in [-0.2, 0) is 14.4 Å². The molecule has 0 spiro atoms. The Morgan fingerprint density at radius 2 is 2.12 bits per heavy atom. The minimum Gasteiger partial charge on any atom is -0.482 e. The van der Waals surface area contributed by atoms with Gasteiger partial charge in [0.15, 0.2) is 6.61 Å². The van der Waals surface area contributed by atoms with E-state index >= 15 is 0 Å². The van der Waals surface area contributed by atoms with Crippen molar-refractivity contribution >= 4 is 23.4 Å². The van der Waals surface area contributed by atoms with Gasteiger partial charge in [-0.05, 0) is 37.5 Å². The predicted molar refractivity (Wildman–Crippen MR) is 92.5 cm³/mol. The Morgan fingerprint density at radius 1 is 1.28 bits per heavy atom. The second-order valence-electron chi connectivity index (χ2n) is 6.43. The smallest absolute Gasteiger partial charge is 0.265 e. The fourth-order valence-electron chi connectivity index (χ4n) is 3.12. The van der Waals surface area contributed by atoms with Crippen LogP contribution in [0.15, 0.2) is 18.2 Å². The predicted octanol–water partition coefficient (Wildman–Crippen LogP) is 0.849. The fourth-order valence-corrected chi connectivity index (χ4v) is 3.12. The minimum atomic E-state index is -0.226. The van der Waals surface area contributed by atoms with Crippen molar-refractivity contribution in [2.45, 2.75) is 26.2 Å². The maximum Gasteiger partial charge on any atom is 0.265 e. The van der Waals surface area contributed by atoms with E-state index in [-0.39, 0.29) is 30.9 Å². The van der Waals surface area contributed by atoms with Crippen molar-refractivity contribution in [3.63, 3.8) is 0 Å². The summed E-state index contributed by atoms with van der Waals surface area (Å²) >= 11 is 0. The molecule has 134 valence electrons. The SMILES string of the molecule is Cc1ccc2c(c1)N(CC(=O)NCCCN1CCCC1=O)C(=O)CO2. The Balaban J connectivity index is 1.50. The highest BCUT2D eigenvalue weighted by atomic mass is 16.5. The average molecular weight is 345 g/mol. The quantitative estimate of drug-likeness (QED) is 0.775. The Bertz CT molecular complexity index is 689. The zero-order valence-corrected chi connectivity index (χ0v) is 14.4. The van der Waals surface area contributed by atoms with Crippen LogP contribution in [-0.4, -0.2) is 55.4 Å². The van der Waals surface area contributed by atoms with Gasteiger partial charge in [-0.1, -0.05) is 6.07 Å². The molecule has 0 aliphatic carbocycles. The van der Waals surface area contributed by atoms with Crippen LogP contribution in [0.1, 0.15) is 24.8 Å². The van der Waals surface area contributed by atoms with Gasteiger partial charge in [-0.3, -0.25) is 19.3 Å². The van der Waals surface area contributed by atoms with Crippen LogP contribution in [0.4, 0.5) is 5.69 Å². The number of fused-ring (bicyclic) bond motifs is 1. The monoisotopic (exact) mass is 345 g/mol. The fraction of sp³-hybridized carbons (Fsp3) is 0.500. The molecule has 0 bridgehead atoms. The van der Waals surface area contributed by atoms with Crippen molar-refractivity contribution in [2.24, 2.45) is 0 Å². The zero-order chi connectivity index (χ0) is 17.8. The molecule has 0 atom stereocenters. The molecule has 2 aliphatic rings. The summed E-state index contributed by atoms with van der Waals surface area (Å²) in [6.07, 6.45) is 2.26. The van der Waals surface area contributed by atoms with Gasteiger partial charge in [-0.25, -0.2) is 0 Å². The van der Waals surface area contributed by atoms with Crippen molar-refractivity contribution in [3.8, 4) is 5.75 Å². The summed E-state index contributed by atoms with van der Waals surface area (Å²) in [6, 6.07) is 5.57. The molecule has 2 heterocycles. The van der Waals surface area contributed by atoms with E-state index in [0.29, 0.717) is 37.4 Å². The van der Waals surface area contributed by atoms with Crippen LogP contribution in [0, 0.1) is 6.92 Å². The van der Waals surface area contributed by atoms with Gasteiger partial charge < -0.3 is 15.0 Å². The van der Waals surface area contributed by atoms with Crippen molar-refractivity contribution < 1.29 is 19.1 Å². The Kier molecular flexibility index (Phi) is 5.21. The Labute approximate surface area is 146 Å². The van der Waals surface area contributed by atoms with Crippen molar-refractivity contribution in [3.05, 3.63) is 23.8 Å². The van der Waals surface area contributed by atoms with Gasteiger partial charge in [-0.15, -0.1) is 0 Å². The summed E-state index contributed by atoms with van der Waals surface area (Å²) in [4.78, 5) is 39.1. The van der Waals surface area contributed by atoms with E-state index in [1.165, 1.54) is 4.90 Å². The van der Waals surface area contributed by atoms with Crippen molar-refractivity contribution in [2.75, 3.05) is 37.7 Å². The Hall–Kier alpha value is -2.57. The minimum absolute atomic E-state index is 0.0265. The van der Waals surface area contributed by atoms with Crippen LogP contribution in [0.3, 0.4) is 0 Å². The number of hydrogen-bond acceptors (Lipinski definition) is 4. The number of carbonyl (C=O) groups excluding carboxylic acids is 3. The van der Waals surface area contributed by atoms with Gasteiger partial charge in [0.1, 0.15) is 12.3 Å². The number of anilines is 1. The van der Waals surface area contributed by atoms with Gasteiger partial charge >= 0.3 is 0 Å². The van der Waals surface area contributed by atoms with Crippen LogP contribution >= 0.6 is 0 Å². The van der Waals surface area contributed by atoms with Gasteiger partial charge in [0, 0.05) is 26.1 Å². The second kappa shape index (κ2) is 7.55. The molecule has 1 fully saturated rings. The third-order valence-corrected chi connectivity index (χ3v) is 4.46. The van der Waals surface area contributed by atoms with Gasteiger partial charge in [0.05, 0.1) is 5.69 Å². The highest BCUT2D eigenvalue weighted by molar-refractivity contribution is 6.02. The summed E-state index contributed by atoms with van der Waals surface area (Å²) in [5.74, 6) is 0.370. The summed E-state index contributed by atoms with van der Waals surface area (Å²) in [5, 5.41) is 2.82. The summed E-state index contributed by atoms with van der Waals surface area (Å²) in [6.45, 7) is 3.81. The number of ether oxygens (including phenoxy) is 1. The summed E-state index contributed by atoms with van der Waals surface area (Å²) in [5.41, 5.74) is 1.63. The normalized spacial score (nSPS) is 16.7. The van der Waals surface area contributed by atoms with E-state index in [1.54, 1.807) is 0 Å². The molecule has 0 aromatic heterocycles. The molecule has 7 nitrogen and oxygen atoms in total. The van der Waals surface area contributed by atoms with E-state index in [1.807, 2.05) is 30.0 Å². The number of rotatable bonds is 6. The van der Waals surface area contributed by atoms with Crippen molar-refractivity contribution in [1.29, 1.82) is 0 Å². The van der Waals surface area contributed by atoms with E-state index in [2.05, 4.69) is 5.32 Å². The molecule has 0 saturated carbocycles. The third-order valence-electron chi connectivity index (χ3n) is 4.46. The van der Waals surface area contributed by atoms with Crippen LogP contribution in [0.25, 0.3) is 0 Å². The molecular weight excluding hydrogens is 322 g/mol. The average Bonchev–Trinajstić information content (AvgIpc) is 2.99. The lowest BCUT2D eigenvalue weighted by molar-refractivity contribution is -0.127. The lowest BCUT2D eigenvalue weighted by Crippen LogP contribution is -2.45. The lowest BCUT2D eigenvalue weighted by Gasteiger charge is -2.29. The first-order valence-electron chi connectivity index (χ1n) is 8.63. The maximum absolute atomic E-state index is 12.2. The molecule has 2 aliphatic heterocycles. The molecule has 3 amide bonds. The van der Waals surface area contributed by atoms with Crippen molar-refractivity contribution in [1.82, 2.24) is 10.2 Å². The van der Waals surface area contributed by atoms with E-state index in [9.17, 15) is 14.4 Å². The Morgan fingerprint density at radius 3 is 2.88 bits per heavy atom. The van der Waals surface area contributed by atoms with E-state index < -0.39 is 0 Å². The molecule has 0 unspecified atom stereocenters. The highest BCUT2D eigenvalue weighted by Gasteiger charge is 2.27. The third kappa shape index (κ3) is 4.10. The molecule has 3 rings (SSSR count). The molecular formula is C18H23N3O4. The first kappa shape index (κ1) is 17.3. The number of benzene rings is 1. The number of nitrogens with one attached hydrogen (secondary N) is 1. The highest BCUT2D eigenvalue weighted by Crippen LogP contribution is 2.32. The van der Waals surface area contributed by atoms with E-state index in [4.69, 9.17) is 4.74 Å². The lowest BCUT2D eigenvalue weighted by atomic mass is 10.1. The van der Waals surface area contributed by atoms with E-state index in [0.717, 1.165) is 18.5 Å². The number of amides is 3. The van der Waals surface area contributed by atoms with Gasteiger partial charge in [0.2, 0.25) is 11.8 Å². The molecule has 25 heavy (non-hydrogen) atoms. The molecule has 7 heteroatoms. The zero-order valence-electron chi connectivity index (χ0n) is 14.4. The molecule has 1 aromatic carbocycles. The topological polar surface area (TPSA) is 79.0 Å². The number of hydrogen-bond donors (Lipinski definition) is 1. The number of carbonyl (C=O) groups is 3.